The Kier molecular flexibility index (Phi) is 4.89. The maximum atomic E-state index is 12.8. The predicted molar refractivity (Wildman–Crippen MR) is 88.0 cm³/mol. The third-order valence-corrected chi connectivity index (χ3v) is 4.22. The third kappa shape index (κ3) is 3.87. The van der Waals surface area contributed by atoms with Crippen molar-refractivity contribution >= 4 is 11.8 Å². The number of nitrogens with two attached hydrogens (primary N) is 1. The molecule has 22 heavy (non-hydrogen) atoms. The summed E-state index contributed by atoms with van der Waals surface area (Å²) in [5, 5.41) is 0. The van der Waals surface area contributed by atoms with E-state index in [0.717, 1.165) is 31.5 Å². The van der Waals surface area contributed by atoms with Gasteiger partial charge >= 0.3 is 0 Å². The van der Waals surface area contributed by atoms with Crippen LogP contribution < -0.4 is 5.73 Å². The molecule has 1 aliphatic heterocycles. The van der Waals surface area contributed by atoms with Gasteiger partial charge in [0, 0.05) is 24.2 Å². The number of amides is 2. The van der Waals surface area contributed by atoms with Gasteiger partial charge in [-0.15, -0.1) is 0 Å². The van der Waals surface area contributed by atoms with Crippen LogP contribution in [-0.4, -0.2) is 29.8 Å². The molecule has 4 nitrogen and oxygen atoms in total. The van der Waals surface area contributed by atoms with E-state index in [1.165, 1.54) is 12.8 Å². The SMILES string of the molecule is CC(C)(C)c1cc(C(N)=O)cc(C(=O)N2CCCCCC2)c1. The van der Waals surface area contributed by atoms with Gasteiger partial charge in [0.15, 0.2) is 0 Å². The molecule has 0 spiro atoms. The zero-order valence-corrected chi connectivity index (χ0v) is 13.8. The van der Waals surface area contributed by atoms with Crippen molar-refractivity contribution in [3.63, 3.8) is 0 Å². The van der Waals surface area contributed by atoms with Crippen LogP contribution in [0.2, 0.25) is 0 Å². The van der Waals surface area contributed by atoms with Gasteiger partial charge in [-0.25, -0.2) is 0 Å². The van der Waals surface area contributed by atoms with Crippen LogP contribution in [0.15, 0.2) is 18.2 Å². The second kappa shape index (κ2) is 6.51. The largest absolute Gasteiger partial charge is 0.366 e. The summed E-state index contributed by atoms with van der Waals surface area (Å²) in [6, 6.07) is 5.33. The first-order chi connectivity index (χ1) is 10.3. The Morgan fingerprint density at radius 1 is 0.955 bits per heavy atom. The lowest BCUT2D eigenvalue weighted by Crippen LogP contribution is -2.32. The lowest BCUT2D eigenvalue weighted by Gasteiger charge is -2.24. The number of primary amides is 1. The van der Waals surface area contributed by atoms with Gasteiger partial charge in [0.05, 0.1) is 0 Å². The van der Waals surface area contributed by atoms with E-state index >= 15 is 0 Å². The Balaban J connectivity index is 2.38. The van der Waals surface area contributed by atoms with E-state index in [1.54, 1.807) is 12.1 Å². The quantitative estimate of drug-likeness (QED) is 0.912. The summed E-state index contributed by atoms with van der Waals surface area (Å²) in [4.78, 5) is 26.3. The average molecular weight is 302 g/mol. The summed E-state index contributed by atoms with van der Waals surface area (Å²) in [6.45, 7) is 7.78. The van der Waals surface area contributed by atoms with Crippen LogP contribution in [0.3, 0.4) is 0 Å². The molecular formula is C18H26N2O2. The van der Waals surface area contributed by atoms with Crippen molar-refractivity contribution in [2.24, 2.45) is 5.73 Å². The summed E-state index contributed by atoms with van der Waals surface area (Å²) >= 11 is 0. The molecule has 1 heterocycles. The van der Waals surface area contributed by atoms with Crippen molar-refractivity contribution in [2.75, 3.05) is 13.1 Å². The summed E-state index contributed by atoms with van der Waals surface area (Å²) in [5.74, 6) is -0.480. The highest BCUT2D eigenvalue weighted by Crippen LogP contribution is 2.25. The molecule has 1 fully saturated rings. The minimum absolute atomic E-state index is 0.00972. The summed E-state index contributed by atoms with van der Waals surface area (Å²) < 4.78 is 0. The summed E-state index contributed by atoms with van der Waals surface area (Å²) in [6.07, 6.45) is 4.46. The molecule has 0 atom stereocenters. The van der Waals surface area contributed by atoms with Crippen molar-refractivity contribution in [1.29, 1.82) is 0 Å². The number of hydrogen-bond acceptors (Lipinski definition) is 2. The maximum Gasteiger partial charge on any atom is 0.253 e. The highest BCUT2D eigenvalue weighted by atomic mass is 16.2. The molecule has 0 aliphatic carbocycles. The third-order valence-electron chi connectivity index (χ3n) is 4.22. The molecule has 2 amide bonds. The number of carbonyl (C=O) groups is 2. The number of hydrogen-bond donors (Lipinski definition) is 1. The van der Waals surface area contributed by atoms with E-state index < -0.39 is 5.91 Å². The fourth-order valence-corrected chi connectivity index (χ4v) is 2.78. The van der Waals surface area contributed by atoms with Crippen molar-refractivity contribution < 1.29 is 9.59 Å². The first-order valence-corrected chi connectivity index (χ1v) is 8.04. The van der Waals surface area contributed by atoms with Crippen molar-refractivity contribution in [3.8, 4) is 0 Å². The van der Waals surface area contributed by atoms with Gasteiger partial charge in [-0.1, -0.05) is 33.6 Å². The normalized spacial score (nSPS) is 16.2. The highest BCUT2D eigenvalue weighted by molar-refractivity contribution is 5.99. The fourth-order valence-electron chi connectivity index (χ4n) is 2.78. The zero-order valence-electron chi connectivity index (χ0n) is 13.8. The molecule has 0 saturated carbocycles. The van der Waals surface area contributed by atoms with Crippen molar-refractivity contribution in [3.05, 3.63) is 34.9 Å². The molecule has 1 aliphatic rings. The second-order valence-corrected chi connectivity index (χ2v) is 7.12. The van der Waals surface area contributed by atoms with E-state index in [2.05, 4.69) is 20.8 Å². The fraction of sp³-hybridized carbons (Fsp3) is 0.556. The van der Waals surface area contributed by atoms with Crippen LogP contribution in [-0.2, 0) is 5.41 Å². The van der Waals surface area contributed by atoms with E-state index in [1.807, 2.05) is 11.0 Å². The van der Waals surface area contributed by atoms with Gasteiger partial charge in [0.25, 0.3) is 5.91 Å². The van der Waals surface area contributed by atoms with Gasteiger partial charge in [0.1, 0.15) is 0 Å². The van der Waals surface area contributed by atoms with Crippen LogP contribution in [0.25, 0.3) is 0 Å². The Morgan fingerprint density at radius 2 is 1.50 bits per heavy atom. The van der Waals surface area contributed by atoms with E-state index in [9.17, 15) is 9.59 Å². The molecule has 4 heteroatoms. The van der Waals surface area contributed by atoms with E-state index in [0.29, 0.717) is 11.1 Å². The first-order valence-electron chi connectivity index (χ1n) is 8.04. The van der Waals surface area contributed by atoms with Crippen LogP contribution in [0.5, 0.6) is 0 Å². The van der Waals surface area contributed by atoms with Crippen molar-refractivity contribution in [1.82, 2.24) is 4.90 Å². The molecule has 0 aromatic heterocycles. The molecule has 1 saturated heterocycles. The standard InChI is InChI=1S/C18H26N2O2/c1-18(2,3)15-11-13(16(19)21)10-14(12-15)17(22)20-8-6-4-5-7-9-20/h10-12H,4-9H2,1-3H3,(H2,19,21). The summed E-state index contributed by atoms with van der Waals surface area (Å²) in [5.41, 5.74) is 7.24. The minimum Gasteiger partial charge on any atom is -0.366 e. The Bertz CT molecular complexity index is 565. The number of nitrogens with zero attached hydrogens (tertiary/aromatic N) is 1. The lowest BCUT2D eigenvalue weighted by atomic mass is 9.85. The predicted octanol–water partition coefficient (Wildman–Crippen LogP) is 3.10. The monoisotopic (exact) mass is 302 g/mol. The molecule has 1 aromatic carbocycles. The molecule has 0 radical (unpaired) electrons. The summed E-state index contributed by atoms with van der Waals surface area (Å²) in [7, 11) is 0. The smallest absolute Gasteiger partial charge is 0.253 e. The molecule has 0 unspecified atom stereocenters. The van der Waals surface area contributed by atoms with E-state index in [4.69, 9.17) is 5.73 Å². The van der Waals surface area contributed by atoms with Crippen LogP contribution in [0, 0.1) is 0 Å². The maximum absolute atomic E-state index is 12.8. The molecule has 0 bridgehead atoms. The molecule has 1 aromatic rings. The van der Waals surface area contributed by atoms with Crippen molar-refractivity contribution in [2.45, 2.75) is 51.9 Å². The number of carbonyl (C=O) groups excluding carboxylic acids is 2. The first kappa shape index (κ1) is 16.5. The average Bonchev–Trinajstić information content (AvgIpc) is 2.74. The Labute approximate surface area is 132 Å². The number of likely N-dealkylation sites (tertiary alicyclic amines) is 1. The van der Waals surface area contributed by atoms with Gasteiger partial charge in [0.2, 0.25) is 5.91 Å². The topological polar surface area (TPSA) is 63.4 Å². The zero-order chi connectivity index (χ0) is 16.3. The van der Waals surface area contributed by atoms with Gasteiger partial charge < -0.3 is 10.6 Å². The van der Waals surface area contributed by atoms with Crippen LogP contribution >= 0.6 is 0 Å². The second-order valence-electron chi connectivity index (χ2n) is 7.12. The van der Waals surface area contributed by atoms with Gasteiger partial charge in [-0.2, -0.15) is 0 Å². The lowest BCUT2D eigenvalue weighted by molar-refractivity contribution is 0.0761. The van der Waals surface area contributed by atoms with E-state index in [-0.39, 0.29) is 11.3 Å². The molecule has 2 rings (SSSR count). The van der Waals surface area contributed by atoms with Gasteiger partial charge in [-0.3, -0.25) is 9.59 Å². The van der Waals surface area contributed by atoms with Crippen LogP contribution in [0.4, 0.5) is 0 Å². The number of rotatable bonds is 2. The Hall–Kier alpha value is -1.84. The Morgan fingerprint density at radius 3 is 2.00 bits per heavy atom. The highest BCUT2D eigenvalue weighted by Gasteiger charge is 2.22. The van der Waals surface area contributed by atoms with Crippen LogP contribution in [0.1, 0.15) is 72.7 Å². The number of benzene rings is 1. The van der Waals surface area contributed by atoms with Gasteiger partial charge in [-0.05, 0) is 42.0 Å². The minimum atomic E-state index is -0.490. The molecular weight excluding hydrogens is 276 g/mol. The molecule has 2 N–H and O–H groups in total. The molecule has 120 valence electrons.